The lowest BCUT2D eigenvalue weighted by Gasteiger charge is -2.31. The Kier molecular flexibility index (Phi) is 10.9. The maximum atomic E-state index is 13.4. The van der Waals surface area contributed by atoms with Gasteiger partial charge in [0.1, 0.15) is 11.9 Å². The van der Waals surface area contributed by atoms with E-state index >= 15 is 0 Å². The molecule has 2 aromatic carbocycles. The number of hydrogen-bond donors (Lipinski definition) is 1. The zero-order chi connectivity index (χ0) is 26.9. The second kappa shape index (κ2) is 13.4. The predicted octanol–water partition coefficient (Wildman–Crippen LogP) is 4.32. The summed E-state index contributed by atoms with van der Waals surface area (Å²) in [4.78, 5) is 27.7. The number of hydrogen-bond acceptors (Lipinski definition) is 4. The highest BCUT2D eigenvalue weighted by atomic mass is 32.2. The van der Waals surface area contributed by atoms with Crippen LogP contribution in [-0.2, 0) is 26.2 Å². The first-order valence-corrected chi connectivity index (χ1v) is 14.2. The fourth-order valence-corrected chi connectivity index (χ4v) is 5.12. The van der Waals surface area contributed by atoms with E-state index in [1.54, 1.807) is 12.1 Å². The molecule has 0 saturated carbocycles. The van der Waals surface area contributed by atoms with E-state index in [0.717, 1.165) is 23.8 Å². The molecule has 36 heavy (non-hydrogen) atoms. The molecule has 0 spiro atoms. The lowest BCUT2D eigenvalue weighted by molar-refractivity contribution is -0.141. The number of carbonyl (C=O) groups excluding carboxylic acids is 2. The molecule has 7 nitrogen and oxygen atoms in total. The molecule has 9 heteroatoms. The Labute approximate surface area is 214 Å². The Morgan fingerprint density at radius 1 is 1.03 bits per heavy atom. The quantitative estimate of drug-likeness (QED) is 0.427. The van der Waals surface area contributed by atoms with Gasteiger partial charge in [0.2, 0.25) is 21.8 Å². The van der Waals surface area contributed by atoms with Gasteiger partial charge in [-0.25, -0.2) is 12.8 Å². The van der Waals surface area contributed by atoms with Crippen molar-refractivity contribution in [3.8, 4) is 0 Å². The summed E-state index contributed by atoms with van der Waals surface area (Å²) < 4.78 is 39.8. The highest BCUT2D eigenvalue weighted by molar-refractivity contribution is 7.92. The summed E-state index contributed by atoms with van der Waals surface area (Å²) in [5.74, 6) is -0.869. The number of halogens is 1. The number of aryl methyl sites for hydroxylation is 2. The normalized spacial score (nSPS) is 12.2. The minimum absolute atomic E-state index is 0.0650. The van der Waals surface area contributed by atoms with Crippen molar-refractivity contribution in [1.29, 1.82) is 0 Å². The van der Waals surface area contributed by atoms with E-state index in [2.05, 4.69) is 5.32 Å². The van der Waals surface area contributed by atoms with Gasteiger partial charge in [-0.2, -0.15) is 0 Å². The van der Waals surface area contributed by atoms with E-state index in [0.29, 0.717) is 24.2 Å². The average molecular weight is 520 g/mol. The van der Waals surface area contributed by atoms with Crippen molar-refractivity contribution in [1.82, 2.24) is 10.2 Å². The fourth-order valence-electron chi connectivity index (χ4n) is 4.17. The number of amides is 2. The molecule has 0 heterocycles. The van der Waals surface area contributed by atoms with E-state index < -0.39 is 16.1 Å². The van der Waals surface area contributed by atoms with Crippen molar-refractivity contribution in [2.24, 2.45) is 0 Å². The number of benzene rings is 2. The van der Waals surface area contributed by atoms with E-state index in [4.69, 9.17) is 0 Å². The summed E-state index contributed by atoms with van der Waals surface area (Å²) in [6.07, 6.45) is 2.69. The van der Waals surface area contributed by atoms with Gasteiger partial charge in [0.25, 0.3) is 0 Å². The van der Waals surface area contributed by atoms with Crippen LogP contribution >= 0.6 is 0 Å². The molecule has 0 radical (unpaired) electrons. The van der Waals surface area contributed by atoms with Crippen LogP contribution in [0.4, 0.5) is 10.1 Å². The van der Waals surface area contributed by atoms with Gasteiger partial charge in [-0.1, -0.05) is 32.0 Å². The molecule has 198 valence electrons. The molecule has 0 aliphatic carbocycles. The van der Waals surface area contributed by atoms with Crippen LogP contribution in [0.15, 0.2) is 42.5 Å². The fraction of sp³-hybridized carbons (Fsp3) is 0.481. The molecule has 1 unspecified atom stereocenters. The number of sulfonamides is 1. The van der Waals surface area contributed by atoms with Crippen molar-refractivity contribution in [3.63, 3.8) is 0 Å². The van der Waals surface area contributed by atoms with Crippen LogP contribution in [0.3, 0.4) is 0 Å². The summed E-state index contributed by atoms with van der Waals surface area (Å²) in [6.45, 7) is 8.40. The summed E-state index contributed by atoms with van der Waals surface area (Å²) in [6, 6.07) is 10.7. The summed E-state index contributed by atoms with van der Waals surface area (Å²) >= 11 is 0. The van der Waals surface area contributed by atoms with Crippen LogP contribution in [0.5, 0.6) is 0 Å². The molecule has 2 aromatic rings. The molecule has 0 saturated heterocycles. The minimum Gasteiger partial charge on any atom is -0.354 e. The third-order valence-corrected chi connectivity index (χ3v) is 7.04. The van der Waals surface area contributed by atoms with Gasteiger partial charge in [0.15, 0.2) is 0 Å². The standard InChI is InChI=1S/C27H38FN3O4S/c1-6-14-29-27(33)25(7-2)30(19-22-10-12-23(28)13-11-22)26(32)9-8-15-31(36(5,34)35)24-17-20(3)16-21(4)18-24/h10-13,16-18,25H,6-9,14-15,19H2,1-5H3,(H,29,33). The number of anilines is 1. The van der Waals surface area contributed by atoms with Crippen molar-refractivity contribution >= 4 is 27.5 Å². The smallest absolute Gasteiger partial charge is 0.242 e. The molecule has 0 aliphatic heterocycles. The average Bonchev–Trinajstić information content (AvgIpc) is 2.79. The SMILES string of the molecule is CCCNC(=O)C(CC)N(Cc1ccc(F)cc1)C(=O)CCCN(c1cc(C)cc(C)c1)S(C)(=O)=O. The van der Waals surface area contributed by atoms with Gasteiger partial charge < -0.3 is 10.2 Å². The Morgan fingerprint density at radius 3 is 2.17 bits per heavy atom. The molecule has 1 N–H and O–H groups in total. The largest absolute Gasteiger partial charge is 0.354 e. The van der Waals surface area contributed by atoms with Gasteiger partial charge in [0.05, 0.1) is 11.9 Å². The van der Waals surface area contributed by atoms with Crippen LogP contribution in [0, 0.1) is 19.7 Å². The monoisotopic (exact) mass is 519 g/mol. The summed E-state index contributed by atoms with van der Waals surface area (Å²) in [5.41, 5.74) is 3.17. The van der Waals surface area contributed by atoms with Gasteiger partial charge in [0, 0.05) is 26.1 Å². The molecule has 0 aliphatic rings. The van der Waals surface area contributed by atoms with Crippen LogP contribution < -0.4 is 9.62 Å². The zero-order valence-electron chi connectivity index (χ0n) is 21.9. The highest BCUT2D eigenvalue weighted by Gasteiger charge is 2.28. The molecule has 0 bridgehead atoms. The predicted molar refractivity (Wildman–Crippen MR) is 142 cm³/mol. The van der Waals surface area contributed by atoms with E-state index in [1.807, 2.05) is 45.9 Å². The molecule has 2 amide bonds. The third kappa shape index (κ3) is 8.62. The first-order chi connectivity index (χ1) is 17.0. The lowest BCUT2D eigenvalue weighted by atomic mass is 10.1. The minimum atomic E-state index is -3.56. The number of rotatable bonds is 13. The molecule has 1 atom stereocenters. The first kappa shape index (κ1) is 29.3. The topological polar surface area (TPSA) is 86.8 Å². The van der Waals surface area contributed by atoms with E-state index in [-0.39, 0.29) is 43.6 Å². The number of carbonyl (C=O) groups is 2. The van der Waals surface area contributed by atoms with Crippen LogP contribution in [-0.4, -0.2) is 50.5 Å². The van der Waals surface area contributed by atoms with E-state index in [1.165, 1.54) is 21.3 Å². The Bertz CT molecular complexity index is 1120. The van der Waals surface area contributed by atoms with Gasteiger partial charge >= 0.3 is 0 Å². The maximum absolute atomic E-state index is 13.4. The highest BCUT2D eigenvalue weighted by Crippen LogP contribution is 2.22. The molecule has 0 fully saturated rings. The lowest BCUT2D eigenvalue weighted by Crippen LogP contribution is -2.49. The second-order valence-electron chi connectivity index (χ2n) is 9.15. The number of nitrogens with zero attached hydrogens (tertiary/aromatic N) is 2. The molecule has 2 rings (SSSR count). The number of nitrogens with one attached hydrogen (secondary N) is 1. The van der Waals surface area contributed by atoms with Crippen molar-refractivity contribution < 1.29 is 22.4 Å². The van der Waals surface area contributed by atoms with Crippen molar-refractivity contribution in [2.45, 2.75) is 66.0 Å². The van der Waals surface area contributed by atoms with E-state index in [9.17, 15) is 22.4 Å². The van der Waals surface area contributed by atoms with Crippen LogP contribution in [0.2, 0.25) is 0 Å². The molecular formula is C27H38FN3O4S. The first-order valence-electron chi connectivity index (χ1n) is 12.3. The van der Waals surface area contributed by atoms with Crippen LogP contribution in [0.25, 0.3) is 0 Å². The summed E-state index contributed by atoms with van der Waals surface area (Å²) in [7, 11) is -3.56. The van der Waals surface area contributed by atoms with Crippen molar-refractivity contribution in [2.75, 3.05) is 23.7 Å². The van der Waals surface area contributed by atoms with Crippen LogP contribution in [0.1, 0.15) is 56.2 Å². The zero-order valence-corrected chi connectivity index (χ0v) is 22.7. The third-order valence-electron chi connectivity index (χ3n) is 5.85. The molecule has 0 aromatic heterocycles. The second-order valence-corrected chi connectivity index (χ2v) is 11.1. The Hall–Kier alpha value is -2.94. The maximum Gasteiger partial charge on any atom is 0.242 e. The Balaban J connectivity index is 2.22. The van der Waals surface area contributed by atoms with Gasteiger partial charge in [-0.3, -0.25) is 13.9 Å². The van der Waals surface area contributed by atoms with Gasteiger partial charge in [-0.15, -0.1) is 0 Å². The Morgan fingerprint density at radius 2 is 1.64 bits per heavy atom. The summed E-state index contributed by atoms with van der Waals surface area (Å²) in [5, 5.41) is 2.86. The van der Waals surface area contributed by atoms with Gasteiger partial charge in [-0.05, 0) is 74.1 Å². The van der Waals surface area contributed by atoms with Crippen molar-refractivity contribution in [3.05, 3.63) is 65.0 Å². The molecular weight excluding hydrogens is 481 g/mol.